The molecule has 6 nitrogen and oxygen atoms in total. The van der Waals surface area contributed by atoms with Gasteiger partial charge in [-0.1, -0.05) is 30.3 Å². The first-order chi connectivity index (χ1) is 11.3. The van der Waals surface area contributed by atoms with Crippen LogP contribution in [0.15, 0.2) is 41.1 Å². The number of carbonyl (C=O) groups is 1. The number of ether oxygens (including phenoxy) is 1. The zero-order chi connectivity index (χ0) is 16.1. The molecule has 1 aromatic carbocycles. The van der Waals surface area contributed by atoms with Gasteiger partial charge in [-0.25, -0.2) is 4.98 Å². The number of oxazole rings is 1. The van der Waals surface area contributed by atoms with Crippen LogP contribution >= 0.6 is 0 Å². The van der Waals surface area contributed by atoms with Crippen LogP contribution < -0.4 is 0 Å². The summed E-state index contributed by atoms with van der Waals surface area (Å²) >= 11 is 0. The van der Waals surface area contributed by atoms with Gasteiger partial charge in [0.2, 0.25) is 0 Å². The average Bonchev–Trinajstić information content (AvgIpc) is 3.10. The molecule has 1 saturated heterocycles. The highest BCUT2D eigenvalue weighted by Crippen LogP contribution is 2.24. The first kappa shape index (κ1) is 15.7. The molecule has 122 valence electrons. The number of hydrogen-bond acceptors (Lipinski definition) is 5. The fourth-order valence-electron chi connectivity index (χ4n) is 2.74. The summed E-state index contributed by atoms with van der Waals surface area (Å²) in [5, 5.41) is 0. The maximum absolute atomic E-state index is 12.7. The molecule has 0 aliphatic carbocycles. The van der Waals surface area contributed by atoms with Crippen molar-refractivity contribution in [2.24, 2.45) is 0 Å². The Balaban J connectivity index is 1.67. The van der Waals surface area contributed by atoms with Gasteiger partial charge in [-0.05, 0) is 0 Å². The van der Waals surface area contributed by atoms with Crippen molar-refractivity contribution >= 4 is 5.91 Å². The number of piperazine rings is 1. The molecule has 0 bridgehead atoms. The van der Waals surface area contributed by atoms with Crippen LogP contribution in [0.2, 0.25) is 0 Å². The number of nitrogens with zero attached hydrogens (tertiary/aromatic N) is 3. The minimum absolute atomic E-state index is 0.0657. The molecule has 1 aliphatic rings. The van der Waals surface area contributed by atoms with Gasteiger partial charge in [0.05, 0.1) is 6.61 Å². The molecule has 0 atom stereocenters. The monoisotopic (exact) mass is 315 g/mol. The highest BCUT2D eigenvalue weighted by atomic mass is 16.5. The van der Waals surface area contributed by atoms with E-state index in [2.05, 4.69) is 9.88 Å². The molecule has 3 rings (SSSR count). The minimum Gasteiger partial charge on any atom is -0.443 e. The smallest absolute Gasteiger partial charge is 0.276 e. The standard InChI is InChI=1S/C17H21N3O3/c1-22-12-11-19-7-9-20(10-8-19)17(21)15-16(23-13-18-15)14-5-3-2-4-6-14/h2-6,13H,7-12H2,1H3. The van der Waals surface area contributed by atoms with Crippen molar-refractivity contribution in [3.8, 4) is 11.3 Å². The topological polar surface area (TPSA) is 58.8 Å². The molecule has 1 amide bonds. The Morgan fingerprint density at radius 3 is 2.65 bits per heavy atom. The summed E-state index contributed by atoms with van der Waals surface area (Å²) in [6.45, 7) is 4.72. The first-order valence-electron chi connectivity index (χ1n) is 7.79. The maximum atomic E-state index is 12.7. The fourth-order valence-corrected chi connectivity index (χ4v) is 2.74. The van der Waals surface area contributed by atoms with Gasteiger partial charge in [-0.3, -0.25) is 9.69 Å². The molecule has 0 N–H and O–H groups in total. The lowest BCUT2D eigenvalue weighted by molar-refractivity contribution is 0.0590. The molecule has 1 fully saturated rings. The van der Waals surface area contributed by atoms with Gasteiger partial charge in [-0.2, -0.15) is 0 Å². The van der Waals surface area contributed by atoms with Crippen LogP contribution in [-0.4, -0.2) is 67.1 Å². The van der Waals surface area contributed by atoms with E-state index in [1.54, 1.807) is 7.11 Å². The third-order valence-corrected chi connectivity index (χ3v) is 4.08. The van der Waals surface area contributed by atoms with E-state index in [0.29, 0.717) is 24.5 Å². The Morgan fingerprint density at radius 1 is 1.22 bits per heavy atom. The fraction of sp³-hybridized carbons (Fsp3) is 0.412. The molecule has 0 spiro atoms. The van der Waals surface area contributed by atoms with E-state index in [-0.39, 0.29) is 5.91 Å². The molecular weight excluding hydrogens is 294 g/mol. The predicted octanol–water partition coefficient (Wildman–Crippen LogP) is 1.75. The summed E-state index contributed by atoms with van der Waals surface area (Å²) in [6, 6.07) is 9.60. The molecule has 1 aliphatic heterocycles. The van der Waals surface area contributed by atoms with Gasteiger partial charge >= 0.3 is 0 Å². The molecule has 0 saturated carbocycles. The minimum atomic E-state index is -0.0657. The van der Waals surface area contributed by atoms with Crippen molar-refractivity contribution in [3.63, 3.8) is 0 Å². The van der Waals surface area contributed by atoms with Crippen LogP contribution in [0.5, 0.6) is 0 Å². The van der Waals surface area contributed by atoms with E-state index in [9.17, 15) is 4.79 Å². The van der Waals surface area contributed by atoms with Gasteiger partial charge in [0.15, 0.2) is 17.8 Å². The predicted molar refractivity (Wildman–Crippen MR) is 86.2 cm³/mol. The van der Waals surface area contributed by atoms with Crippen LogP contribution in [0, 0.1) is 0 Å². The second-order valence-corrected chi connectivity index (χ2v) is 5.52. The van der Waals surface area contributed by atoms with Crippen LogP contribution in [-0.2, 0) is 4.74 Å². The highest BCUT2D eigenvalue weighted by Gasteiger charge is 2.26. The molecular formula is C17H21N3O3. The lowest BCUT2D eigenvalue weighted by atomic mass is 10.1. The third kappa shape index (κ3) is 3.60. The Labute approximate surface area is 135 Å². The summed E-state index contributed by atoms with van der Waals surface area (Å²) in [6.07, 6.45) is 1.34. The zero-order valence-electron chi connectivity index (χ0n) is 13.3. The second-order valence-electron chi connectivity index (χ2n) is 5.52. The van der Waals surface area contributed by atoms with Crippen LogP contribution in [0.1, 0.15) is 10.5 Å². The lowest BCUT2D eigenvalue weighted by Crippen LogP contribution is -2.49. The SMILES string of the molecule is COCCN1CCN(C(=O)c2ncoc2-c2ccccc2)CC1. The Morgan fingerprint density at radius 2 is 1.96 bits per heavy atom. The Hall–Kier alpha value is -2.18. The van der Waals surface area contributed by atoms with Gasteiger partial charge < -0.3 is 14.1 Å². The van der Waals surface area contributed by atoms with Gasteiger partial charge in [0.1, 0.15) is 0 Å². The van der Waals surface area contributed by atoms with Crippen molar-refractivity contribution in [2.75, 3.05) is 46.4 Å². The van der Waals surface area contributed by atoms with E-state index in [4.69, 9.17) is 9.15 Å². The van der Waals surface area contributed by atoms with Crippen LogP contribution in [0.4, 0.5) is 0 Å². The molecule has 2 aromatic rings. The Bertz CT molecular complexity index is 634. The van der Waals surface area contributed by atoms with E-state index >= 15 is 0 Å². The van der Waals surface area contributed by atoms with Crippen molar-refractivity contribution in [1.82, 2.24) is 14.8 Å². The summed E-state index contributed by atoms with van der Waals surface area (Å²) in [5.74, 6) is 0.474. The van der Waals surface area contributed by atoms with Crippen LogP contribution in [0.3, 0.4) is 0 Å². The molecule has 2 heterocycles. The molecule has 0 unspecified atom stereocenters. The largest absolute Gasteiger partial charge is 0.443 e. The van der Waals surface area contributed by atoms with Crippen LogP contribution in [0.25, 0.3) is 11.3 Å². The second kappa shape index (κ2) is 7.39. The van der Waals surface area contributed by atoms with E-state index in [1.165, 1.54) is 6.39 Å². The van der Waals surface area contributed by atoms with E-state index in [0.717, 1.165) is 31.8 Å². The summed E-state index contributed by atoms with van der Waals surface area (Å²) in [5.41, 5.74) is 1.26. The highest BCUT2D eigenvalue weighted by molar-refractivity contribution is 5.97. The zero-order valence-corrected chi connectivity index (χ0v) is 13.3. The lowest BCUT2D eigenvalue weighted by Gasteiger charge is -2.34. The van der Waals surface area contributed by atoms with Gasteiger partial charge in [-0.15, -0.1) is 0 Å². The number of benzene rings is 1. The summed E-state index contributed by atoms with van der Waals surface area (Å²) in [4.78, 5) is 21.0. The number of hydrogen-bond donors (Lipinski definition) is 0. The number of methoxy groups -OCH3 is 1. The molecule has 0 radical (unpaired) electrons. The quantitative estimate of drug-likeness (QED) is 0.841. The summed E-state index contributed by atoms with van der Waals surface area (Å²) < 4.78 is 10.5. The first-order valence-corrected chi connectivity index (χ1v) is 7.79. The molecule has 6 heteroatoms. The normalized spacial score (nSPS) is 15.8. The molecule has 1 aromatic heterocycles. The third-order valence-electron chi connectivity index (χ3n) is 4.08. The van der Waals surface area contributed by atoms with Crippen molar-refractivity contribution in [3.05, 3.63) is 42.4 Å². The number of carbonyl (C=O) groups excluding carboxylic acids is 1. The van der Waals surface area contributed by atoms with Crippen molar-refractivity contribution in [1.29, 1.82) is 0 Å². The van der Waals surface area contributed by atoms with E-state index < -0.39 is 0 Å². The van der Waals surface area contributed by atoms with Gasteiger partial charge in [0, 0.05) is 45.4 Å². The van der Waals surface area contributed by atoms with Crippen molar-refractivity contribution < 1.29 is 13.9 Å². The Kier molecular flexibility index (Phi) is 5.05. The van der Waals surface area contributed by atoms with E-state index in [1.807, 2.05) is 35.2 Å². The number of amides is 1. The van der Waals surface area contributed by atoms with Crippen molar-refractivity contribution in [2.45, 2.75) is 0 Å². The maximum Gasteiger partial charge on any atom is 0.276 e. The average molecular weight is 315 g/mol. The number of rotatable bonds is 5. The van der Waals surface area contributed by atoms with Gasteiger partial charge in [0.25, 0.3) is 5.91 Å². The number of aromatic nitrogens is 1. The summed E-state index contributed by atoms with van der Waals surface area (Å²) in [7, 11) is 1.70. The molecule has 23 heavy (non-hydrogen) atoms.